The lowest BCUT2D eigenvalue weighted by Gasteiger charge is -2.31. The van der Waals surface area contributed by atoms with Crippen LogP contribution in [0.15, 0.2) is 18.2 Å². The van der Waals surface area contributed by atoms with Crippen molar-refractivity contribution < 1.29 is 23.7 Å². The normalized spacial score (nSPS) is 24.9. The minimum Gasteiger partial charge on any atom is -0.486 e. The first kappa shape index (κ1) is 23.6. The predicted octanol–water partition coefficient (Wildman–Crippen LogP) is 3.44. The van der Waals surface area contributed by atoms with E-state index in [0.29, 0.717) is 41.1 Å². The number of hydrogen-bond acceptors (Lipinski definition) is 10. The van der Waals surface area contributed by atoms with Crippen molar-refractivity contribution in [2.24, 2.45) is 11.8 Å². The van der Waals surface area contributed by atoms with Crippen LogP contribution >= 0.6 is 11.6 Å². The zero-order valence-electron chi connectivity index (χ0n) is 19.6. The maximum atomic E-state index is 12.1. The number of carbonyl (C=O) groups excluding carboxylic acids is 1. The highest BCUT2D eigenvalue weighted by Gasteiger charge is 2.48. The molecule has 3 unspecified atom stereocenters. The van der Waals surface area contributed by atoms with Gasteiger partial charge in [-0.15, -0.1) is 0 Å². The molecule has 2 bridgehead atoms. The molecular formula is C24H28ClN5O5. The number of anilines is 3. The Labute approximate surface area is 208 Å². The molecule has 10 nitrogen and oxygen atoms in total. The molecule has 1 aromatic carbocycles. The maximum Gasteiger partial charge on any atom is 0.320 e. The average molecular weight is 502 g/mol. The molecule has 2 saturated heterocycles. The van der Waals surface area contributed by atoms with E-state index < -0.39 is 0 Å². The van der Waals surface area contributed by atoms with Crippen LogP contribution < -0.4 is 19.7 Å². The van der Waals surface area contributed by atoms with Gasteiger partial charge in [-0.2, -0.15) is 9.97 Å². The Morgan fingerprint density at radius 1 is 1.29 bits per heavy atom. The molecule has 186 valence electrons. The Morgan fingerprint density at radius 3 is 2.80 bits per heavy atom. The van der Waals surface area contributed by atoms with Crippen molar-refractivity contribution in [3.8, 4) is 11.8 Å². The van der Waals surface area contributed by atoms with Crippen molar-refractivity contribution in [2.45, 2.75) is 31.4 Å². The molecule has 4 atom stereocenters. The van der Waals surface area contributed by atoms with Crippen LogP contribution in [0.25, 0.3) is 0 Å². The van der Waals surface area contributed by atoms with E-state index in [9.17, 15) is 4.79 Å². The topological polar surface area (TPSA) is 119 Å². The van der Waals surface area contributed by atoms with Gasteiger partial charge in [0, 0.05) is 42.9 Å². The number of fused-ring (bicyclic) bond motifs is 2. The minimum atomic E-state index is -0.135. The van der Waals surface area contributed by atoms with Crippen LogP contribution in [0.4, 0.5) is 17.3 Å². The highest BCUT2D eigenvalue weighted by atomic mass is 35.5. The van der Waals surface area contributed by atoms with Gasteiger partial charge in [0.2, 0.25) is 0 Å². The van der Waals surface area contributed by atoms with Crippen molar-refractivity contribution >= 4 is 41.1 Å². The van der Waals surface area contributed by atoms with E-state index in [4.69, 9.17) is 36.0 Å². The Balaban J connectivity index is 1.40. The fourth-order valence-electron chi connectivity index (χ4n) is 5.20. The summed E-state index contributed by atoms with van der Waals surface area (Å²) in [5, 5.41) is 11.5. The molecule has 35 heavy (non-hydrogen) atoms. The first-order chi connectivity index (χ1) is 17.0. The number of nitrogens with zero attached hydrogens (tertiary/aromatic N) is 3. The number of hydrogen-bond donors (Lipinski definition) is 2. The summed E-state index contributed by atoms with van der Waals surface area (Å²) in [6.45, 7) is 1.90. The lowest BCUT2D eigenvalue weighted by Crippen LogP contribution is -2.38. The summed E-state index contributed by atoms with van der Waals surface area (Å²) >= 11 is 6.42. The first-order valence-corrected chi connectivity index (χ1v) is 12.0. The van der Waals surface area contributed by atoms with E-state index in [-0.39, 0.29) is 36.0 Å². The lowest BCUT2D eigenvalue weighted by molar-refractivity contribution is -0.146. The molecular weight excluding hydrogens is 474 g/mol. The van der Waals surface area contributed by atoms with E-state index in [1.807, 2.05) is 6.07 Å². The summed E-state index contributed by atoms with van der Waals surface area (Å²) in [6, 6.07) is 5.74. The van der Waals surface area contributed by atoms with Crippen LogP contribution in [-0.4, -0.2) is 68.3 Å². The predicted molar refractivity (Wildman–Crippen MR) is 130 cm³/mol. The lowest BCUT2D eigenvalue weighted by atomic mass is 9.95. The van der Waals surface area contributed by atoms with Crippen LogP contribution in [0, 0.1) is 17.2 Å². The number of ether oxygens (including phenoxy) is 4. The van der Waals surface area contributed by atoms with Crippen LogP contribution in [0.3, 0.4) is 0 Å². The molecule has 11 heteroatoms. The second-order valence-corrected chi connectivity index (χ2v) is 9.42. The standard InChI is InChI=1S/C24H28ClN5O5/c1-32-23(31)17-7-15-5-14(17)11-30(15)22-9-21(28-24(29-22)33-2)27-19-8-20(18(25)6-13(19)10-26)35-16-3-4-34-12-16/h6,8-10,14-17,26H,3-5,7,11-12H2,1-2H3,(H,27,28,29)/t14?,15?,16-,17?/m1/s1. The molecule has 3 aliphatic rings. The monoisotopic (exact) mass is 501 g/mol. The van der Waals surface area contributed by atoms with Crippen LogP contribution in [0.2, 0.25) is 5.02 Å². The fraction of sp³-hybridized carbons (Fsp3) is 0.500. The van der Waals surface area contributed by atoms with Crippen LogP contribution in [0.1, 0.15) is 24.8 Å². The van der Waals surface area contributed by atoms with Crippen molar-refractivity contribution in [2.75, 3.05) is 44.2 Å². The number of aromatic nitrogens is 2. The van der Waals surface area contributed by atoms with Gasteiger partial charge in [0.15, 0.2) is 0 Å². The molecule has 0 spiro atoms. The summed E-state index contributed by atoms with van der Waals surface area (Å²) in [5.41, 5.74) is 1.21. The highest BCUT2D eigenvalue weighted by molar-refractivity contribution is 6.32. The summed E-state index contributed by atoms with van der Waals surface area (Å²) in [4.78, 5) is 23.3. The number of nitrogens with one attached hydrogen (secondary N) is 2. The third kappa shape index (κ3) is 4.72. The molecule has 0 radical (unpaired) electrons. The molecule has 3 fully saturated rings. The fourth-order valence-corrected chi connectivity index (χ4v) is 5.42. The quantitative estimate of drug-likeness (QED) is 0.414. The van der Waals surface area contributed by atoms with E-state index in [0.717, 1.165) is 31.6 Å². The van der Waals surface area contributed by atoms with Gasteiger partial charge in [-0.3, -0.25) is 4.79 Å². The Hall–Kier alpha value is -3.11. The van der Waals surface area contributed by atoms with E-state index in [1.54, 1.807) is 12.1 Å². The summed E-state index contributed by atoms with van der Waals surface area (Å²) in [5.74, 6) is 1.80. The minimum absolute atomic E-state index is 0.0590. The third-order valence-corrected chi connectivity index (χ3v) is 7.21. The molecule has 3 heterocycles. The molecule has 1 aliphatic carbocycles. The van der Waals surface area contributed by atoms with Crippen molar-refractivity contribution in [1.29, 1.82) is 5.41 Å². The number of halogens is 1. The van der Waals surface area contributed by atoms with Crippen molar-refractivity contribution in [1.82, 2.24) is 9.97 Å². The van der Waals surface area contributed by atoms with E-state index in [2.05, 4.69) is 20.2 Å². The smallest absolute Gasteiger partial charge is 0.320 e. The second-order valence-electron chi connectivity index (χ2n) is 9.01. The van der Waals surface area contributed by atoms with Gasteiger partial charge < -0.3 is 34.6 Å². The van der Waals surface area contributed by atoms with Gasteiger partial charge >= 0.3 is 12.0 Å². The molecule has 1 aromatic heterocycles. The van der Waals surface area contributed by atoms with Gasteiger partial charge in [-0.05, 0) is 24.8 Å². The first-order valence-electron chi connectivity index (χ1n) is 11.6. The second kappa shape index (κ2) is 9.87. The average Bonchev–Trinajstić information content (AvgIpc) is 3.63. The number of benzene rings is 1. The SMILES string of the molecule is COC(=O)C1CC2CC1CN2c1cc(Nc2cc(O[C@@H]3CCOC3)c(Cl)cc2C=N)nc(OC)n1. The summed E-state index contributed by atoms with van der Waals surface area (Å²) in [6.07, 6.45) is 3.63. The summed E-state index contributed by atoms with van der Waals surface area (Å²) in [7, 11) is 2.96. The van der Waals surface area contributed by atoms with Gasteiger partial charge in [0.1, 0.15) is 23.5 Å². The Morgan fingerprint density at radius 2 is 2.14 bits per heavy atom. The number of piperidine rings is 1. The van der Waals surface area contributed by atoms with Gasteiger partial charge in [0.05, 0.1) is 44.1 Å². The van der Waals surface area contributed by atoms with E-state index >= 15 is 0 Å². The summed E-state index contributed by atoms with van der Waals surface area (Å²) < 4.78 is 21.8. The third-order valence-electron chi connectivity index (χ3n) is 6.92. The van der Waals surface area contributed by atoms with Gasteiger partial charge in [-0.25, -0.2) is 0 Å². The molecule has 2 N–H and O–H groups in total. The Bertz CT molecular complexity index is 1130. The molecule has 0 amide bonds. The van der Waals surface area contributed by atoms with E-state index in [1.165, 1.54) is 20.4 Å². The molecule has 2 aliphatic heterocycles. The van der Waals surface area contributed by atoms with Crippen LogP contribution in [0.5, 0.6) is 11.8 Å². The molecule has 2 aromatic rings. The highest BCUT2D eigenvalue weighted by Crippen LogP contribution is 2.45. The maximum absolute atomic E-state index is 12.1. The molecule has 5 rings (SSSR count). The number of methoxy groups -OCH3 is 2. The van der Waals surface area contributed by atoms with Gasteiger partial charge in [0.25, 0.3) is 0 Å². The zero-order valence-corrected chi connectivity index (χ0v) is 20.4. The largest absolute Gasteiger partial charge is 0.486 e. The Kier molecular flexibility index (Phi) is 6.66. The zero-order chi connectivity index (χ0) is 24.5. The van der Waals surface area contributed by atoms with Crippen molar-refractivity contribution in [3.05, 3.63) is 28.8 Å². The molecule has 1 saturated carbocycles. The number of carbonyl (C=O) groups is 1. The van der Waals surface area contributed by atoms with Crippen molar-refractivity contribution in [3.63, 3.8) is 0 Å². The van der Waals surface area contributed by atoms with Gasteiger partial charge in [-0.1, -0.05) is 11.6 Å². The van der Waals surface area contributed by atoms with Crippen LogP contribution in [-0.2, 0) is 14.3 Å². The number of rotatable bonds is 8. The number of esters is 1.